The van der Waals surface area contributed by atoms with Crippen LogP contribution >= 0.6 is 35.0 Å². The Kier molecular flexibility index (Phi) is 7.86. The first-order valence-electron chi connectivity index (χ1n) is 9.18. The first kappa shape index (κ1) is 21.6. The van der Waals surface area contributed by atoms with Crippen molar-refractivity contribution in [3.63, 3.8) is 0 Å². The number of carbonyl (C=O) groups excluding carboxylic acids is 1. The number of hydrogen-bond donors (Lipinski definition) is 2. The van der Waals surface area contributed by atoms with Gasteiger partial charge < -0.3 is 15.6 Å². The molecule has 0 bridgehead atoms. The van der Waals surface area contributed by atoms with E-state index in [2.05, 4.69) is 10.3 Å². The molecule has 3 aromatic rings. The quantitative estimate of drug-likeness (QED) is 0.364. The molecule has 0 aliphatic carbocycles. The van der Waals surface area contributed by atoms with Crippen molar-refractivity contribution in [3.05, 3.63) is 82.4 Å². The molecule has 1 amide bonds. The third-order valence-corrected chi connectivity index (χ3v) is 6.22. The van der Waals surface area contributed by atoms with E-state index in [1.165, 1.54) is 11.8 Å². The van der Waals surface area contributed by atoms with Gasteiger partial charge in [0.25, 0.3) is 0 Å². The Bertz CT molecular complexity index is 950. The van der Waals surface area contributed by atoms with Crippen LogP contribution in [0, 0.1) is 0 Å². The van der Waals surface area contributed by atoms with Crippen molar-refractivity contribution in [1.82, 2.24) is 14.9 Å². The van der Waals surface area contributed by atoms with Crippen molar-refractivity contribution >= 4 is 46.6 Å². The van der Waals surface area contributed by atoms with Crippen LogP contribution in [0.15, 0.2) is 61.2 Å². The number of nitrogens with one attached hydrogen (secondary N) is 1. The number of halogens is 2. The van der Waals surface area contributed by atoms with E-state index >= 15 is 0 Å². The fourth-order valence-electron chi connectivity index (χ4n) is 2.93. The number of rotatable bonds is 9. The van der Waals surface area contributed by atoms with Crippen LogP contribution in [0.25, 0.3) is 0 Å². The van der Waals surface area contributed by atoms with Gasteiger partial charge in [-0.1, -0.05) is 41.4 Å². The summed E-state index contributed by atoms with van der Waals surface area (Å²) in [6.07, 6.45) is 6.25. The summed E-state index contributed by atoms with van der Waals surface area (Å²) in [4.78, 5) is 16.4. The predicted molar refractivity (Wildman–Crippen MR) is 121 cm³/mol. The maximum atomic E-state index is 12.4. The van der Waals surface area contributed by atoms with E-state index in [1.807, 2.05) is 41.1 Å². The van der Waals surface area contributed by atoms with E-state index in [9.17, 15) is 4.79 Å². The summed E-state index contributed by atoms with van der Waals surface area (Å²) in [6.45, 7) is 1.42. The minimum atomic E-state index is -0.195. The van der Waals surface area contributed by atoms with E-state index in [1.54, 1.807) is 24.7 Å². The number of amides is 1. The highest BCUT2D eigenvalue weighted by atomic mass is 35.5. The molecule has 1 heterocycles. The highest BCUT2D eigenvalue weighted by Crippen LogP contribution is 2.42. The summed E-state index contributed by atoms with van der Waals surface area (Å²) in [5.41, 5.74) is 8.58. The molecule has 0 saturated heterocycles. The molecule has 3 rings (SSSR count). The number of imidazole rings is 1. The average Bonchev–Trinajstić information content (AvgIpc) is 3.23. The Morgan fingerprint density at radius 2 is 2.03 bits per heavy atom. The molecule has 0 spiro atoms. The number of aromatic nitrogens is 2. The summed E-state index contributed by atoms with van der Waals surface area (Å²) < 4.78 is 1.98. The minimum absolute atomic E-state index is 0.0294. The Labute approximate surface area is 184 Å². The van der Waals surface area contributed by atoms with Gasteiger partial charge in [0, 0.05) is 41.2 Å². The smallest absolute Gasteiger partial charge is 0.230 e. The van der Waals surface area contributed by atoms with E-state index < -0.39 is 0 Å². The van der Waals surface area contributed by atoms with Crippen molar-refractivity contribution in [2.24, 2.45) is 0 Å². The van der Waals surface area contributed by atoms with Crippen LogP contribution in [-0.4, -0.2) is 27.8 Å². The minimum Gasteiger partial charge on any atom is -0.398 e. The van der Waals surface area contributed by atoms with Crippen molar-refractivity contribution in [2.75, 3.05) is 18.0 Å². The standard InChI is InChI=1S/C21H22Cl2N4OS/c22-15-6-7-19(24)17(12-15)21(16-4-1-2-5-18(16)23)29-13-20(28)26-8-3-10-27-11-9-25-14-27/h1-2,4-7,9,11-12,14,21H,3,8,10,13,24H2,(H,26,28). The molecule has 0 aliphatic rings. The lowest BCUT2D eigenvalue weighted by Gasteiger charge is -2.21. The summed E-state index contributed by atoms with van der Waals surface area (Å²) in [5.74, 6) is 0.255. The van der Waals surface area contributed by atoms with Crippen LogP contribution in [0.4, 0.5) is 5.69 Å². The van der Waals surface area contributed by atoms with Crippen molar-refractivity contribution in [1.29, 1.82) is 0 Å². The Balaban J connectivity index is 1.63. The number of nitrogen functional groups attached to an aromatic ring is 1. The van der Waals surface area contributed by atoms with Gasteiger partial charge in [0.1, 0.15) is 0 Å². The molecule has 8 heteroatoms. The number of hydrogen-bond acceptors (Lipinski definition) is 4. The van der Waals surface area contributed by atoms with Gasteiger partial charge in [0.15, 0.2) is 0 Å². The zero-order chi connectivity index (χ0) is 20.6. The monoisotopic (exact) mass is 448 g/mol. The van der Waals surface area contributed by atoms with Crippen LogP contribution in [0.3, 0.4) is 0 Å². The van der Waals surface area contributed by atoms with Gasteiger partial charge in [-0.05, 0) is 41.8 Å². The second-order valence-electron chi connectivity index (χ2n) is 6.49. The lowest BCUT2D eigenvalue weighted by molar-refractivity contribution is -0.118. The van der Waals surface area contributed by atoms with Crippen molar-refractivity contribution < 1.29 is 4.79 Å². The Hall–Kier alpha value is -2.15. The third-order valence-electron chi connectivity index (χ3n) is 4.37. The summed E-state index contributed by atoms with van der Waals surface area (Å²) >= 11 is 14.1. The van der Waals surface area contributed by atoms with E-state index in [-0.39, 0.29) is 16.9 Å². The zero-order valence-electron chi connectivity index (χ0n) is 15.7. The fraction of sp³-hybridized carbons (Fsp3) is 0.238. The van der Waals surface area contributed by atoms with E-state index in [0.29, 0.717) is 22.3 Å². The summed E-state index contributed by atoms with van der Waals surface area (Å²) in [6, 6.07) is 12.9. The number of nitrogens with zero attached hydrogens (tertiary/aromatic N) is 2. The highest BCUT2D eigenvalue weighted by molar-refractivity contribution is 8.00. The van der Waals surface area contributed by atoms with Gasteiger partial charge >= 0.3 is 0 Å². The lowest BCUT2D eigenvalue weighted by atomic mass is 10.0. The molecule has 2 aromatic carbocycles. The largest absolute Gasteiger partial charge is 0.398 e. The molecule has 1 aromatic heterocycles. The van der Waals surface area contributed by atoms with Crippen molar-refractivity contribution in [2.45, 2.75) is 18.2 Å². The second kappa shape index (κ2) is 10.6. The maximum absolute atomic E-state index is 12.4. The lowest BCUT2D eigenvalue weighted by Crippen LogP contribution is -2.27. The molecule has 0 aliphatic heterocycles. The molecular weight excluding hydrogens is 427 g/mol. The van der Waals surface area contributed by atoms with Crippen LogP contribution in [-0.2, 0) is 11.3 Å². The Morgan fingerprint density at radius 1 is 1.21 bits per heavy atom. The van der Waals surface area contributed by atoms with Gasteiger partial charge in [-0.2, -0.15) is 0 Å². The first-order chi connectivity index (χ1) is 14.0. The molecule has 1 atom stereocenters. The van der Waals surface area contributed by atoms with Crippen LogP contribution in [0.2, 0.25) is 10.0 Å². The SMILES string of the molecule is Nc1ccc(Cl)cc1C(SCC(=O)NCCCn1ccnc1)c1ccccc1Cl. The summed E-state index contributed by atoms with van der Waals surface area (Å²) in [7, 11) is 0. The second-order valence-corrected chi connectivity index (χ2v) is 8.43. The van der Waals surface area contributed by atoms with Crippen molar-refractivity contribution in [3.8, 4) is 0 Å². The van der Waals surface area contributed by atoms with Gasteiger partial charge in [-0.15, -0.1) is 11.8 Å². The topological polar surface area (TPSA) is 72.9 Å². The molecule has 0 fully saturated rings. The first-order valence-corrected chi connectivity index (χ1v) is 11.0. The number of nitrogens with two attached hydrogens (primary N) is 1. The molecular formula is C21H22Cl2N4OS. The average molecular weight is 449 g/mol. The predicted octanol–water partition coefficient (Wildman–Crippen LogP) is 4.80. The normalized spacial score (nSPS) is 11.9. The molecule has 0 saturated carbocycles. The Morgan fingerprint density at radius 3 is 2.79 bits per heavy atom. The number of anilines is 1. The van der Waals surface area contributed by atoms with Crippen LogP contribution in [0.5, 0.6) is 0 Å². The number of aryl methyl sites for hydroxylation is 1. The fourth-order valence-corrected chi connectivity index (χ4v) is 4.60. The number of carbonyl (C=O) groups is 1. The van der Waals surface area contributed by atoms with E-state index in [0.717, 1.165) is 24.1 Å². The summed E-state index contributed by atoms with van der Waals surface area (Å²) in [5, 5.41) is 3.99. The molecule has 0 radical (unpaired) electrons. The van der Waals surface area contributed by atoms with Gasteiger partial charge in [0.2, 0.25) is 5.91 Å². The van der Waals surface area contributed by atoms with Gasteiger partial charge in [-0.25, -0.2) is 4.98 Å². The molecule has 29 heavy (non-hydrogen) atoms. The van der Waals surface area contributed by atoms with Gasteiger partial charge in [-0.3, -0.25) is 4.79 Å². The molecule has 3 N–H and O–H groups in total. The van der Waals surface area contributed by atoms with Crippen LogP contribution < -0.4 is 11.1 Å². The van der Waals surface area contributed by atoms with E-state index in [4.69, 9.17) is 28.9 Å². The molecule has 152 valence electrons. The molecule has 5 nitrogen and oxygen atoms in total. The molecule has 1 unspecified atom stereocenters. The zero-order valence-corrected chi connectivity index (χ0v) is 18.1. The highest BCUT2D eigenvalue weighted by Gasteiger charge is 2.21. The number of thioether (sulfide) groups is 1. The number of benzene rings is 2. The maximum Gasteiger partial charge on any atom is 0.230 e. The van der Waals surface area contributed by atoms with Crippen LogP contribution in [0.1, 0.15) is 22.8 Å². The third kappa shape index (κ3) is 6.16. The van der Waals surface area contributed by atoms with Gasteiger partial charge in [0.05, 0.1) is 17.3 Å².